The Hall–Kier alpha value is 0.400. The number of rotatable bonds is 17. The van der Waals surface area contributed by atoms with E-state index in [1.165, 1.54) is 70.6 Å². The molecule has 24 heavy (non-hydrogen) atoms. The summed E-state index contributed by atoms with van der Waals surface area (Å²) in [6.45, 7) is 9.14. The quantitative estimate of drug-likeness (QED) is 0.204. The van der Waals surface area contributed by atoms with Gasteiger partial charge in [0.2, 0.25) is 0 Å². The summed E-state index contributed by atoms with van der Waals surface area (Å²) in [5.74, 6) is 0.143. The first kappa shape index (κ1) is 24.4. The molecular weight excluding hydrogens is 364 g/mol. The van der Waals surface area contributed by atoms with Crippen LogP contribution < -0.4 is 0 Å². The summed E-state index contributed by atoms with van der Waals surface area (Å²) < 4.78 is 5.01. The van der Waals surface area contributed by atoms with Crippen molar-refractivity contribution in [1.29, 1.82) is 0 Å². The maximum absolute atomic E-state index is 10.4. The molecule has 0 aromatic carbocycles. The molecule has 0 aliphatic carbocycles. The summed E-state index contributed by atoms with van der Waals surface area (Å²) in [6, 6.07) is 0. The molecule has 0 aliphatic heterocycles. The Morgan fingerprint density at radius 3 is 1.58 bits per heavy atom. The van der Waals surface area contributed by atoms with Crippen molar-refractivity contribution in [3.8, 4) is 0 Å². The standard InChI is InChI=1S/C21H43BrO2/c1-5-7-8-9-10-11-12-13-14-15-16-17-18-24-20(6-2)21(22,23)19(3)4/h19-20,23H,5-18H2,1-4H3. The predicted octanol–water partition coefficient (Wildman–Crippen LogP) is 7.22. The van der Waals surface area contributed by atoms with Crippen LogP contribution in [0.2, 0.25) is 0 Å². The molecule has 1 N–H and O–H groups in total. The molecule has 0 rings (SSSR count). The van der Waals surface area contributed by atoms with Gasteiger partial charge >= 0.3 is 0 Å². The molecule has 0 spiro atoms. The lowest BCUT2D eigenvalue weighted by Gasteiger charge is -2.33. The lowest BCUT2D eigenvalue weighted by atomic mass is 10.00. The van der Waals surface area contributed by atoms with E-state index in [2.05, 4.69) is 29.8 Å². The van der Waals surface area contributed by atoms with Crippen LogP contribution in [0.5, 0.6) is 0 Å². The van der Waals surface area contributed by atoms with Gasteiger partial charge in [0.15, 0.2) is 0 Å². The highest BCUT2D eigenvalue weighted by Crippen LogP contribution is 2.32. The summed E-state index contributed by atoms with van der Waals surface area (Å²) >= 11 is 3.44. The highest BCUT2D eigenvalue weighted by Gasteiger charge is 2.36. The Morgan fingerprint density at radius 2 is 1.21 bits per heavy atom. The van der Waals surface area contributed by atoms with E-state index in [9.17, 15) is 5.11 Å². The molecule has 0 amide bonds. The zero-order chi connectivity index (χ0) is 18.3. The van der Waals surface area contributed by atoms with Crippen LogP contribution >= 0.6 is 15.9 Å². The predicted molar refractivity (Wildman–Crippen MR) is 110 cm³/mol. The Kier molecular flexibility index (Phi) is 15.9. The fraction of sp³-hybridized carbons (Fsp3) is 1.00. The van der Waals surface area contributed by atoms with Crippen LogP contribution in [0.15, 0.2) is 0 Å². The van der Waals surface area contributed by atoms with E-state index in [1.54, 1.807) is 0 Å². The van der Waals surface area contributed by atoms with Crippen LogP contribution in [0.4, 0.5) is 0 Å². The van der Waals surface area contributed by atoms with Crippen molar-refractivity contribution in [2.75, 3.05) is 6.61 Å². The third kappa shape index (κ3) is 11.9. The largest absolute Gasteiger partial charge is 0.376 e. The van der Waals surface area contributed by atoms with Crippen LogP contribution in [-0.2, 0) is 4.74 Å². The van der Waals surface area contributed by atoms with Gasteiger partial charge < -0.3 is 9.84 Å². The number of hydrogen-bond acceptors (Lipinski definition) is 2. The Morgan fingerprint density at radius 1 is 0.792 bits per heavy atom. The third-order valence-corrected chi connectivity index (χ3v) is 6.38. The highest BCUT2D eigenvalue weighted by atomic mass is 79.9. The minimum Gasteiger partial charge on any atom is -0.376 e. The second-order valence-electron chi connectivity index (χ2n) is 7.54. The average Bonchev–Trinajstić information content (AvgIpc) is 2.55. The van der Waals surface area contributed by atoms with E-state index < -0.39 is 4.51 Å². The van der Waals surface area contributed by atoms with Crippen molar-refractivity contribution in [3.63, 3.8) is 0 Å². The van der Waals surface area contributed by atoms with Crippen LogP contribution in [0, 0.1) is 5.92 Å². The molecule has 2 unspecified atom stereocenters. The fourth-order valence-electron chi connectivity index (χ4n) is 3.06. The summed E-state index contributed by atoms with van der Waals surface area (Å²) in [6.07, 6.45) is 17.0. The number of unbranched alkanes of at least 4 members (excludes halogenated alkanes) is 11. The molecule has 0 saturated heterocycles. The molecule has 0 aliphatic rings. The van der Waals surface area contributed by atoms with Gasteiger partial charge in [-0.15, -0.1) is 0 Å². The van der Waals surface area contributed by atoms with E-state index in [-0.39, 0.29) is 12.0 Å². The van der Waals surface area contributed by atoms with Crippen LogP contribution in [0.1, 0.15) is 111 Å². The van der Waals surface area contributed by atoms with Gasteiger partial charge in [0.05, 0.1) is 6.10 Å². The van der Waals surface area contributed by atoms with Gasteiger partial charge in [-0.25, -0.2) is 0 Å². The Bertz CT molecular complexity index is 267. The molecule has 0 heterocycles. The van der Waals surface area contributed by atoms with Gasteiger partial charge in [-0.3, -0.25) is 0 Å². The third-order valence-electron chi connectivity index (χ3n) is 4.95. The molecule has 0 aromatic heterocycles. The number of hydrogen-bond donors (Lipinski definition) is 1. The lowest BCUT2D eigenvalue weighted by Crippen LogP contribution is -2.42. The summed E-state index contributed by atoms with van der Waals surface area (Å²) in [4.78, 5) is 0. The first-order chi connectivity index (χ1) is 11.5. The number of aliphatic hydroxyl groups is 1. The monoisotopic (exact) mass is 406 g/mol. The number of alkyl halides is 1. The normalized spacial score (nSPS) is 15.6. The summed E-state index contributed by atoms with van der Waals surface area (Å²) in [5, 5.41) is 10.4. The average molecular weight is 407 g/mol. The molecular formula is C21H43BrO2. The first-order valence-corrected chi connectivity index (χ1v) is 11.3. The van der Waals surface area contributed by atoms with Gasteiger partial charge in [-0.2, -0.15) is 0 Å². The molecule has 0 radical (unpaired) electrons. The molecule has 0 bridgehead atoms. The SMILES string of the molecule is CCCCCCCCCCCCCCOC(CC)C(O)(Br)C(C)C. The van der Waals surface area contributed by atoms with Crippen molar-refractivity contribution in [1.82, 2.24) is 0 Å². The second-order valence-corrected chi connectivity index (χ2v) is 8.81. The summed E-state index contributed by atoms with van der Waals surface area (Å²) in [7, 11) is 0. The number of ether oxygens (including phenoxy) is 1. The van der Waals surface area contributed by atoms with Crippen LogP contribution in [0.3, 0.4) is 0 Å². The van der Waals surface area contributed by atoms with Gasteiger partial charge in [0.1, 0.15) is 4.51 Å². The van der Waals surface area contributed by atoms with E-state index in [1.807, 2.05) is 13.8 Å². The molecule has 2 atom stereocenters. The van der Waals surface area contributed by atoms with E-state index in [0.717, 1.165) is 19.4 Å². The summed E-state index contributed by atoms with van der Waals surface area (Å²) in [5.41, 5.74) is 0. The smallest absolute Gasteiger partial charge is 0.147 e. The van der Waals surface area contributed by atoms with E-state index in [4.69, 9.17) is 4.74 Å². The van der Waals surface area contributed by atoms with Crippen molar-refractivity contribution < 1.29 is 9.84 Å². The molecule has 0 saturated carbocycles. The van der Waals surface area contributed by atoms with Crippen molar-refractivity contribution in [2.45, 2.75) is 122 Å². The van der Waals surface area contributed by atoms with Gasteiger partial charge in [0.25, 0.3) is 0 Å². The van der Waals surface area contributed by atoms with Crippen molar-refractivity contribution in [2.24, 2.45) is 5.92 Å². The topological polar surface area (TPSA) is 29.5 Å². The minimum atomic E-state index is -0.904. The molecule has 0 fully saturated rings. The van der Waals surface area contributed by atoms with Crippen LogP contribution in [0.25, 0.3) is 0 Å². The first-order valence-electron chi connectivity index (χ1n) is 10.5. The number of halogens is 1. The molecule has 0 aromatic rings. The Labute approximate surface area is 160 Å². The fourth-order valence-corrected chi connectivity index (χ4v) is 3.52. The van der Waals surface area contributed by atoms with E-state index in [0.29, 0.717) is 0 Å². The zero-order valence-corrected chi connectivity index (χ0v) is 18.4. The highest BCUT2D eigenvalue weighted by molar-refractivity contribution is 9.10. The Balaban J connectivity index is 3.44. The van der Waals surface area contributed by atoms with Gasteiger partial charge in [0, 0.05) is 6.61 Å². The van der Waals surface area contributed by atoms with Crippen LogP contribution in [-0.4, -0.2) is 22.3 Å². The minimum absolute atomic E-state index is 0.120. The molecule has 2 nitrogen and oxygen atoms in total. The van der Waals surface area contributed by atoms with Crippen molar-refractivity contribution in [3.05, 3.63) is 0 Å². The maximum atomic E-state index is 10.4. The second kappa shape index (κ2) is 15.6. The van der Waals surface area contributed by atoms with Crippen molar-refractivity contribution >= 4 is 15.9 Å². The van der Waals surface area contributed by atoms with E-state index >= 15 is 0 Å². The molecule has 3 heteroatoms. The lowest BCUT2D eigenvalue weighted by molar-refractivity contribution is -0.0751. The van der Waals surface area contributed by atoms with Gasteiger partial charge in [-0.05, 0) is 18.8 Å². The zero-order valence-electron chi connectivity index (χ0n) is 16.8. The maximum Gasteiger partial charge on any atom is 0.147 e. The van der Waals surface area contributed by atoms with Gasteiger partial charge in [-0.1, -0.05) is 114 Å². The molecule has 146 valence electrons.